The van der Waals surface area contributed by atoms with Crippen molar-refractivity contribution in [3.8, 4) is 33.4 Å². The summed E-state index contributed by atoms with van der Waals surface area (Å²) in [6.07, 6.45) is 0. The lowest BCUT2D eigenvalue weighted by Crippen LogP contribution is -2.49. The third-order valence-corrected chi connectivity index (χ3v) is 10.1. The Labute approximate surface area is 296 Å². The first-order valence-electron chi connectivity index (χ1n) is 15.7. The molecule has 2 aromatic heterocycles. The monoisotopic (exact) mass is 790 g/mol. The predicted molar refractivity (Wildman–Crippen MR) is 193 cm³/mol. The minimum atomic E-state index is -5.73. The van der Waals surface area contributed by atoms with E-state index in [1.54, 1.807) is 18.2 Å². The smallest absolute Gasteiger partial charge is 0.380 e. The molecule has 0 radical (unpaired) electrons. The lowest BCUT2D eigenvalue weighted by molar-refractivity contribution is -0.254. The first kappa shape index (κ1) is 32.4. The molecule has 0 amide bonds. The van der Waals surface area contributed by atoms with E-state index in [9.17, 15) is 0 Å². The minimum absolute atomic E-state index is 0.00842. The van der Waals surface area contributed by atoms with E-state index in [0.29, 0.717) is 9.13 Å². The van der Waals surface area contributed by atoms with E-state index in [1.165, 1.54) is 32.0 Å². The average molecular weight is 791 g/mol. The average Bonchev–Trinajstić information content (AvgIpc) is 3.63. The van der Waals surface area contributed by atoms with E-state index in [0.717, 1.165) is 27.8 Å². The molecule has 0 N–H and O–H groups in total. The quantitative estimate of drug-likeness (QED) is 0.128. The standard InChI is InChI=1S/C41H25F6IO2/c1-22-35(37-38(40(44,45)41(46,47)39(37,42)43)36-23(2)50-34-21-28(48)15-18-31(34)36)30-17-14-27(20-33(30)49-22)29-16-13-26(24-9-5-3-6-10-24)19-32(29)25-11-7-4-8-12-25/h3-21H,1-2H3. The number of alkyl halides is 6. The highest BCUT2D eigenvalue weighted by atomic mass is 127. The predicted octanol–water partition coefficient (Wildman–Crippen LogP) is 13.2. The summed E-state index contributed by atoms with van der Waals surface area (Å²) in [5.41, 5.74) is 1.56. The Morgan fingerprint density at radius 3 is 1.56 bits per heavy atom. The molecular weight excluding hydrogens is 765 g/mol. The summed E-state index contributed by atoms with van der Waals surface area (Å²) in [5.74, 6) is -16.6. The molecule has 0 aliphatic heterocycles. The summed E-state index contributed by atoms with van der Waals surface area (Å²) in [6.45, 7) is 2.62. The van der Waals surface area contributed by atoms with Gasteiger partial charge in [0, 0.05) is 36.6 Å². The van der Waals surface area contributed by atoms with Gasteiger partial charge >= 0.3 is 17.8 Å². The zero-order valence-electron chi connectivity index (χ0n) is 26.4. The van der Waals surface area contributed by atoms with Gasteiger partial charge in [-0.2, -0.15) is 26.3 Å². The van der Waals surface area contributed by atoms with Crippen molar-refractivity contribution < 1.29 is 35.2 Å². The van der Waals surface area contributed by atoms with E-state index < -0.39 is 40.0 Å². The summed E-state index contributed by atoms with van der Waals surface area (Å²) in [6, 6.07) is 34.8. The van der Waals surface area contributed by atoms with Crippen molar-refractivity contribution in [1.82, 2.24) is 0 Å². The highest BCUT2D eigenvalue weighted by Gasteiger charge is 2.81. The molecular formula is C41H25F6IO2. The number of rotatable bonds is 5. The third-order valence-electron chi connectivity index (χ3n) is 9.38. The number of benzene rings is 5. The Bertz CT molecular complexity index is 2490. The molecule has 0 fully saturated rings. The molecule has 250 valence electrons. The maximum absolute atomic E-state index is 16.0. The van der Waals surface area contributed by atoms with Crippen LogP contribution < -0.4 is 0 Å². The summed E-state index contributed by atoms with van der Waals surface area (Å²) in [4.78, 5) is 0. The molecule has 1 aliphatic carbocycles. The molecule has 50 heavy (non-hydrogen) atoms. The maximum atomic E-state index is 16.0. The fourth-order valence-electron chi connectivity index (χ4n) is 7.05. The van der Waals surface area contributed by atoms with Crippen molar-refractivity contribution >= 4 is 55.7 Å². The van der Waals surface area contributed by atoms with Crippen molar-refractivity contribution in [3.63, 3.8) is 0 Å². The fourth-order valence-corrected chi connectivity index (χ4v) is 7.52. The van der Waals surface area contributed by atoms with Gasteiger partial charge in [0.2, 0.25) is 0 Å². The Balaban J connectivity index is 1.36. The largest absolute Gasteiger partial charge is 0.461 e. The van der Waals surface area contributed by atoms with E-state index in [1.807, 2.05) is 95.4 Å². The molecule has 2 nitrogen and oxygen atoms in total. The van der Waals surface area contributed by atoms with Crippen LogP contribution in [0.25, 0.3) is 66.5 Å². The van der Waals surface area contributed by atoms with Crippen molar-refractivity contribution in [2.45, 2.75) is 31.6 Å². The lowest BCUT2D eigenvalue weighted by Gasteiger charge is -2.25. The van der Waals surface area contributed by atoms with Gasteiger partial charge in [-0.15, -0.1) is 0 Å². The van der Waals surface area contributed by atoms with Crippen LogP contribution in [0.4, 0.5) is 26.3 Å². The van der Waals surface area contributed by atoms with Crippen molar-refractivity contribution in [2.24, 2.45) is 0 Å². The van der Waals surface area contributed by atoms with Crippen molar-refractivity contribution in [2.75, 3.05) is 0 Å². The van der Waals surface area contributed by atoms with Crippen LogP contribution in [-0.4, -0.2) is 17.8 Å². The number of hydrogen-bond donors (Lipinski definition) is 0. The van der Waals surface area contributed by atoms with Crippen molar-refractivity contribution in [1.29, 1.82) is 0 Å². The summed E-state index contributed by atoms with van der Waals surface area (Å²) in [5, 5.41) is 0.0396. The molecule has 0 bridgehead atoms. The number of halogens is 7. The number of allylic oxidation sites excluding steroid dienone is 2. The summed E-state index contributed by atoms with van der Waals surface area (Å²) >= 11 is 1.98. The van der Waals surface area contributed by atoms with Crippen LogP contribution in [0.3, 0.4) is 0 Å². The fraction of sp³-hybridized carbons (Fsp3) is 0.122. The number of furan rings is 2. The van der Waals surface area contributed by atoms with E-state index in [4.69, 9.17) is 8.83 Å². The van der Waals surface area contributed by atoms with Crippen LogP contribution in [0.5, 0.6) is 0 Å². The van der Waals surface area contributed by atoms with E-state index in [-0.39, 0.29) is 33.5 Å². The van der Waals surface area contributed by atoms with Gasteiger partial charge in [0.15, 0.2) is 0 Å². The topological polar surface area (TPSA) is 26.3 Å². The molecule has 0 atom stereocenters. The second-order valence-corrected chi connectivity index (χ2v) is 13.6. The van der Waals surface area contributed by atoms with Crippen molar-refractivity contribution in [3.05, 3.63) is 141 Å². The Hall–Kier alpha value is -4.77. The van der Waals surface area contributed by atoms with Crippen LogP contribution in [-0.2, 0) is 0 Å². The third kappa shape index (κ3) is 4.69. The van der Waals surface area contributed by atoms with Gasteiger partial charge in [-0.05, 0) is 106 Å². The first-order chi connectivity index (χ1) is 23.8. The summed E-state index contributed by atoms with van der Waals surface area (Å²) in [7, 11) is 0. The van der Waals surface area contributed by atoms with Crippen LogP contribution >= 0.6 is 22.6 Å². The van der Waals surface area contributed by atoms with Gasteiger partial charge < -0.3 is 8.83 Å². The molecule has 0 spiro atoms. The second kappa shape index (κ2) is 11.4. The second-order valence-electron chi connectivity index (χ2n) is 12.4. The molecule has 5 aromatic carbocycles. The molecule has 0 unspecified atom stereocenters. The lowest BCUT2D eigenvalue weighted by atomic mass is 9.89. The zero-order chi connectivity index (χ0) is 35.2. The van der Waals surface area contributed by atoms with E-state index >= 15 is 26.3 Å². The minimum Gasteiger partial charge on any atom is -0.461 e. The molecule has 1 aliphatic rings. The maximum Gasteiger partial charge on any atom is 0.380 e. The van der Waals surface area contributed by atoms with Crippen LogP contribution in [0.2, 0.25) is 0 Å². The van der Waals surface area contributed by atoms with Gasteiger partial charge in [0.25, 0.3) is 0 Å². The first-order valence-corrected chi connectivity index (χ1v) is 16.8. The molecule has 7 aromatic rings. The molecule has 9 heteroatoms. The SMILES string of the molecule is Cc1oc2cc(I)ccc2c1C1=C(c2c(C)oc3cc(-c4ccc(-c5ccccc5)cc4-c4ccccc4)ccc23)C(F)(F)C(F)(F)C1(F)F. The Morgan fingerprint density at radius 2 is 0.980 bits per heavy atom. The number of hydrogen-bond acceptors (Lipinski definition) is 2. The normalized spacial score (nSPS) is 16.5. The van der Waals surface area contributed by atoms with Gasteiger partial charge in [0.1, 0.15) is 22.7 Å². The molecule has 0 saturated carbocycles. The van der Waals surface area contributed by atoms with Gasteiger partial charge in [-0.1, -0.05) is 78.9 Å². The van der Waals surface area contributed by atoms with Gasteiger partial charge in [-0.3, -0.25) is 0 Å². The molecule has 0 saturated heterocycles. The van der Waals surface area contributed by atoms with Gasteiger partial charge in [-0.25, -0.2) is 0 Å². The number of fused-ring (bicyclic) bond motifs is 2. The summed E-state index contributed by atoms with van der Waals surface area (Å²) < 4.78 is 107. The molecule has 2 heterocycles. The highest BCUT2D eigenvalue weighted by Crippen LogP contribution is 2.66. The highest BCUT2D eigenvalue weighted by molar-refractivity contribution is 14.1. The zero-order valence-corrected chi connectivity index (χ0v) is 28.6. The van der Waals surface area contributed by atoms with Crippen LogP contribution in [0.1, 0.15) is 22.6 Å². The van der Waals surface area contributed by atoms with E-state index in [2.05, 4.69) is 6.07 Å². The number of aryl methyl sites for hydroxylation is 2. The van der Waals surface area contributed by atoms with Crippen LogP contribution in [0, 0.1) is 17.4 Å². The van der Waals surface area contributed by atoms with Crippen LogP contribution in [0.15, 0.2) is 124 Å². The Morgan fingerprint density at radius 1 is 0.480 bits per heavy atom. The van der Waals surface area contributed by atoms with Gasteiger partial charge in [0.05, 0.1) is 0 Å². The molecule has 8 rings (SSSR count). The Kier molecular flexibility index (Phi) is 7.38.